The molecule has 144 valence electrons. The fourth-order valence-corrected chi connectivity index (χ4v) is 3.42. The summed E-state index contributed by atoms with van der Waals surface area (Å²) in [6.45, 7) is 4.19. The minimum atomic E-state index is -0.510. The molecular formula is C20H21ClN6O. The van der Waals surface area contributed by atoms with Crippen molar-refractivity contribution in [3.05, 3.63) is 64.2 Å². The van der Waals surface area contributed by atoms with Crippen molar-refractivity contribution in [3.8, 4) is 11.4 Å². The molecule has 0 radical (unpaired) electrons. The third kappa shape index (κ3) is 3.90. The van der Waals surface area contributed by atoms with Gasteiger partial charge in [0.1, 0.15) is 0 Å². The fraction of sp³-hybridized carbons (Fsp3) is 0.300. The van der Waals surface area contributed by atoms with Crippen molar-refractivity contribution < 1.29 is 4.79 Å². The quantitative estimate of drug-likeness (QED) is 0.669. The summed E-state index contributed by atoms with van der Waals surface area (Å²) >= 11 is 5.92. The van der Waals surface area contributed by atoms with E-state index >= 15 is 0 Å². The average molecular weight is 397 g/mol. The normalized spacial score (nSPS) is 13.9. The molecule has 0 aliphatic carbocycles. The molecule has 1 aliphatic heterocycles. The van der Waals surface area contributed by atoms with Crippen LogP contribution < -0.4 is 10.6 Å². The van der Waals surface area contributed by atoms with Gasteiger partial charge in [-0.3, -0.25) is 4.79 Å². The molecule has 8 heteroatoms. The Morgan fingerprint density at radius 3 is 2.79 bits per heavy atom. The summed E-state index contributed by atoms with van der Waals surface area (Å²) in [5, 5.41) is 19.5. The second-order valence-corrected chi connectivity index (χ2v) is 7.23. The Kier molecular flexibility index (Phi) is 5.36. The van der Waals surface area contributed by atoms with Gasteiger partial charge in [-0.25, -0.2) is 0 Å². The van der Waals surface area contributed by atoms with Crippen molar-refractivity contribution in [2.75, 3.05) is 0 Å². The van der Waals surface area contributed by atoms with Gasteiger partial charge in [-0.1, -0.05) is 36.7 Å². The lowest BCUT2D eigenvalue weighted by atomic mass is 10.1. The predicted molar refractivity (Wildman–Crippen MR) is 106 cm³/mol. The van der Waals surface area contributed by atoms with Gasteiger partial charge in [-0.2, -0.15) is 4.80 Å². The molecule has 28 heavy (non-hydrogen) atoms. The number of tetrazole rings is 1. The lowest BCUT2D eigenvalue weighted by Gasteiger charge is -2.14. The van der Waals surface area contributed by atoms with Crippen molar-refractivity contribution >= 4 is 17.5 Å². The Morgan fingerprint density at radius 2 is 2.00 bits per heavy atom. The van der Waals surface area contributed by atoms with E-state index in [4.69, 9.17) is 11.6 Å². The van der Waals surface area contributed by atoms with Crippen LogP contribution in [0.2, 0.25) is 5.02 Å². The van der Waals surface area contributed by atoms with Gasteiger partial charge >= 0.3 is 0 Å². The van der Waals surface area contributed by atoms with E-state index in [0.717, 1.165) is 24.2 Å². The number of nitrogens with one attached hydrogen (secondary N) is 2. The molecule has 0 bridgehead atoms. The number of fused-ring (bicyclic) bond motifs is 1. The average Bonchev–Trinajstić information content (AvgIpc) is 3.37. The number of carbonyl (C=O) groups is 1. The second-order valence-electron chi connectivity index (χ2n) is 6.79. The number of nitrogens with zero attached hydrogens (tertiary/aromatic N) is 4. The van der Waals surface area contributed by atoms with Crippen LogP contribution >= 0.6 is 11.6 Å². The van der Waals surface area contributed by atoms with Crippen LogP contribution in [-0.4, -0.2) is 26.1 Å². The van der Waals surface area contributed by atoms with Crippen LogP contribution in [0.25, 0.3) is 11.4 Å². The van der Waals surface area contributed by atoms with Gasteiger partial charge < -0.3 is 10.6 Å². The van der Waals surface area contributed by atoms with Gasteiger partial charge in [-0.05, 0) is 52.6 Å². The Balaban J connectivity index is 1.43. The molecule has 1 atom stereocenters. The number of hydrogen-bond acceptors (Lipinski definition) is 5. The van der Waals surface area contributed by atoms with Crippen LogP contribution in [0.15, 0.2) is 42.5 Å². The maximum Gasteiger partial charge on any atom is 0.247 e. The molecule has 1 aliphatic rings. The molecular weight excluding hydrogens is 376 g/mol. The van der Waals surface area contributed by atoms with Gasteiger partial charge in [0.15, 0.2) is 6.04 Å². The lowest BCUT2D eigenvalue weighted by Crippen LogP contribution is -2.33. The Labute approximate surface area is 168 Å². The number of hydrogen-bond donors (Lipinski definition) is 2. The van der Waals surface area contributed by atoms with Crippen molar-refractivity contribution in [2.24, 2.45) is 0 Å². The molecule has 1 aromatic heterocycles. The van der Waals surface area contributed by atoms with Crippen LogP contribution in [0.3, 0.4) is 0 Å². The van der Waals surface area contributed by atoms with E-state index < -0.39 is 6.04 Å². The van der Waals surface area contributed by atoms with Gasteiger partial charge in [-0.15, -0.1) is 10.2 Å². The largest absolute Gasteiger partial charge is 0.350 e. The van der Waals surface area contributed by atoms with Crippen molar-refractivity contribution in [2.45, 2.75) is 39.0 Å². The molecule has 0 spiro atoms. The first-order valence-electron chi connectivity index (χ1n) is 9.28. The Bertz CT molecular complexity index is 985. The van der Waals surface area contributed by atoms with E-state index in [1.54, 1.807) is 12.1 Å². The number of aromatic nitrogens is 4. The molecule has 0 saturated carbocycles. The highest BCUT2D eigenvalue weighted by Gasteiger charge is 2.22. The van der Waals surface area contributed by atoms with Crippen LogP contribution in [0.4, 0.5) is 0 Å². The summed E-state index contributed by atoms with van der Waals surface area (Å²) in [7, 11) is 0. The minimum absolute atomic E-state index is 0.124. The maximum atomic E-state index is 12.7. The third-order valence-corrected chi connectivity index (χ3v) is 5.12. The number of carbonyl (C=O) groups excluding carboxylic acids is 1. The van der Waals surface area contributed by atoms with Gasteiger partial charge in [0.25, 0.3) is 0 Å². The van der Waals surface area contributed by atoms with Gasteiger partial charge in [0, 0.05) is 30.2 Å². The van der Waals surface area contributed by atoms with Crippen LogP contribution in [0.5, 0.6) is 0 Å². The zero-order valence-electron chi connectivity index (χ0n) is 15.5. The van der Waals surface area contributed by atoms with Crippen LogP contribution in [0.1, 0.15) is 36.1 Å². The number of amides is 1. The summed E-state index contributed by atoms with van der Waals surface area (Å²) in [6.07, 6.45) is 0.566. The summed E-state index contributed by atoms with van der Waals surface area (Å²) in [5.74, 6) is 0.343. The summed E-state index contributed by atoms with van der Waals surface area (Å²) in [6, 6.07) is 13.0. The van der Waals surface area contributed by atoms with E-state index in [1.165, 1.54) is 15.9 Å². The summed E-state index contributed by atoms with van der Waals surface area (Å²) in [4.78, 5) is 14.1. The zero-order chi connectivity index (χ0) is 19.5. The molecule has 4 rings (SSSR count). The van der Waals surface area contributed by atoms with E-state index in [2.05, 4.69) is 44.2 Å². The van der Waals surface area contributed by atoms with E-state index in [-0.39, 0.29) is 5.91 Å². The van der Waals surface area contributed by atoms with E-state index in [1.807, 2.05) is 19.1 Å². The third-order valence-electron chi connectivity index (χ3n) is 4.87. The number of rotatable bonds is 6. The number of halogens is 1. The van der Waals surface area contributed by atoms with Crippen LogP contribution in [-0.2, 0) is 24.4 Å². The maximum absolute atomic E-state index is 12.7. The highest BCUT2D eigenvalue weighted by Crippen LogP contribution is 2.19. The second kappa shape index (κ2) is 8.08. The smallest absolute Gasteiger partial charge is 0.247 e. The molecule has 0 saturated heterocycles. The predicted octanol–water partition coefficient (Wildman–Crippen LogP) is 2.86. The highest BCUT2D eigenvalue weighted by atomic mass is 35.5. The summed E-state index contributed by atoms with van der Waals surface area (Å²) in [5.41, 5.74) is 4.50. The standard InChI is InChI=1S/C20H21ClN6O/c1-2-18(27-25-19(24-26-27)14-5-7-17(21)8-6-14)20(28)23-10-13-3-4-15-11-22-12-16(15)9-13/h3-9,18,22H,2,10-12H2,1H3,(H,23,28). The number of benzene rings is 2. The zero-order valence-corrected chi connectivity index (χ0v) is 16.3. The lowest BCUT2D eigenvalue weighted by molar-refractivity contribution is -0.125. The monoisotopic (exact) mass is 396 g/mol. The van der Waals surface area contributed by atoms with Gasteiger partial charge in [0.05, 0.1) is 0 Å². The highest BCUT2D eigenvalue weighted by molar-refractivity contribution is 6.30. The molecule has 1 unspecified atom stereocenters. The first-order chi connectivity index (χ1) is 13.6. The molecule has 1 amide bonds. The first kappa shape index (κ1) is 18.6. The Morgan fingerprint density at radius 1 is 1.21 bits per heavy atom. The molecule has 2 aromatic carbocycles. The molecule has 2 N–H and O–H groups in total. The topological polar surface area (TPSA) is 84.7 Å². The van der Waals surface area contributed by atoms with E-state index in [0.29, 0.717) is 23.8 Å². The first-order valence-corrected chi connectivity index (χ1v) is 9.66. The van der Waals surface area contributed by atoms with E-state index in [9.17, 15) is 4.79 Å². The SMILES string of the molecule is CCC(C(=O)NCc1ccc2c(c1)CNC2)n1nnc(-c2ccc(Cl)cc2)n1. The van der Waals surface area contributed by atoms with Crippen molar-refractivity contribution in [1.29, 1.82) is 0 Å². The minimum Gasteiger partial charge on any atom is -0.350 e. The fourth-order valence-electron chi connectivity index (χ4n) is 3.29. The van der Waals surface area contributed by atoms with Crippen molar-refractivity contribution in [3.63, 3.8) is 0 Å². The van der Waals surface area contributed by atoms with Gasteiger partial charge in [0.2, 0.25) is 11.7 Å². The Hall–Kier alpha value is -2.77. The molecule has 3 aromatic rings. The molecule has 0 fully saturated rings. The molecule has 7 nitrogen and oxygen atoms in total. The van der Waals surface area contributed by atoms with Crippen LogP contribution in [0, 0.1) is 0 Å². The molecule has 2 heterocycles. The van der Waals surface area contributed by atoms with Crippen molar-refractivity contribution in [1.82, 2.24) is 30.8 Å². The summed E-state index contributed by atoms with van der Waals surface area (Å²) < 4.78 is 0.